The molecule has 0 aliphatic carbocycles. The van der Waals surface area contributed by atoms with Crippen molar-refractivity contribution in [3.05, 3.63) is 70.8 Å². The van der Waals surface area contributed by atoms with Gasteiger partial charge in [0.15, 0.2) is 0 Å². The molecule has 0 saturated carbocycles. The zero-order chi connectivity index (χ0) is 19.6. The van der Waals surface area contributed by atoms with Crippen LogP contribution in [0.5, 0.6) is 0 Å². The standard InChI is InChI=1S/C20H22N4O3S/c25-20-6-1-16(14-21-20)13-15-8-11-24(12-9-15)28(26,27)18-4-2-17(3-5-18)19-7-10-22-23-19/h1-7,10,14-15H,8-9,11-13H2,(H,21,25)(H,22,23). The van der Waals surface area contributed by atoms with Crippen LogP contribution in [0.4, 0.5) is 0 Å². The zero-order valence-corrected chi connectivity index (χ0v) is 16.2. The van der Waals surface area contributed by atoms with E-state index in [2.05, 4.69) is 15.2 Å². The Bertz CT molecular complexity index is 1060. The first-order chi connectivity index (χ1) is 13.5. The topological polar surface area (TPSA) is 98.9 Å². The zero-order valence-electron chi connectivity index (χ0n) is 15.3. The van der Waals surface area contributed by atoms with Crippen molar-refractivity contribution in [2.45, 2.75) is 24.2 Å². The number of benzene rings is 1. The summed E-state index contributed by atoms with van der Waals surface area (Å²) in [5.41, 5.74) is 2.72. The molecular formula is C20H22N4O3S. The number of hydrogen-bond donors (Lipinski definition) is 2. The van der Waals surface area contributed by atoms with Crippen LogP contribution in [0.15, 0.2) is 64.5 Å². The molecule has 28 heavy (non-hydrogen) atoms. The Kier molecular flexibility index (Phi) is 5.15. The third-order valence-corrected chi connectivity index (χ3v) is 7.16. The van der Waals surface area contributed by atoms with Gasteiger partial charge in [-0.25, -0.2) is 8.42 Å². The Hall–Kier alpha value is -2.71. The molecule has 0 amide bonds. The van der Waals surface area contributed by atoms with Gasteiger partial charge in [0, 0.05) is 31.5 Å². The molecule has 2 aromatic heterocycles. The van der Waals surface area contributed by atoms with E-state index >= 15 is 0 Å². The van der Waals surface area contributed by atoms with Crippen molar-refractivity contribution in [3.8, 4) is 11.3 Å². The molecule has 3 heterocycles. The largest absolute Gasteiger partial charge is 0.329 e. The average molecular weight is 398 g/mol. The van der Waals surface area contributed by atoms with Crippen molar-refractivity contribution < 1.29 is 8.42 Å². The molecule has 8 heteroatoms. The summed E-state index contributed by atoms with van der Waals surface area (Å²) in [5, 5.41) is 6.79. The van der Waals surface area contributed by atoms with Gasteiger partial charge in [0.2, 0.25) is 15.6 Å². The summed E-state index contributed by atoms with van der Waals surface area (Å²) in [6, 6.07) is 12.1. The quantitative estimate of drug-likeness (QED) is 0.689. The highest BCUT2D eigenvalue weighted by molar-refractivity contribution is 7.89. The van der Waals surface area contributed by atoms with Crippen molar-refractivity contribution in [2.24, 2.45) is 5.92 Å². The van der Waals surface area contributed by atoms with E-state index in [-0.39, 0.29) is 5.56 Å². The molecule has 1 aliphatic rings. The first-order valence-electron chi connectivity index (χ1n) is 9.30. The molecule has 0 bridgehead atoms. The fourth-order valence-corrected chi connectivity index (χ4v) is 5.10. The Labute approximate surface area is 163 Å². The van der Waals surface area contributed by atoms with Crippen molar-refractivity contribution in [1.82, 2.24) is 19.5 Å². The summed E-state index contributed by atoms with van der Waals surface area (Å²) >= 11 is 0. The highest BCUT2D eigenvalue weighted by atomic mass is 32.2. The number of sulfonamides is 1. The number of nitrogens with one attached hydrogen (secondary N) is 2. The molecule has 0 radical (unpaired) electrons. The summed E-state index contributed by atoms with van der Waals surface area (Å²) in [4.78, 5) is 14.2. The second-order valence-corrected chi connectivity index (χ2v) is 9.05. The van der Waals surface area contributed by atoms with Crippen molar-refractivity contribution in [2.75, 3.05) is 13.1 Å². The van der Waals surface area contributed by atoms with E-state index in [0.717, 1.165) is 36.1 Å². The summed E-state index contributed by atoms with van der Waals surface area (Å²) in [6.45, 7) is 1.03. The van der Waals surface area contributed by atoms with E-state index in [9.17, 15) is 13.2 Å². The molecule has 4 rings (SSSR count). The van der Waals surface area contributed by atoms with Gasteiger partial charge in [-0.15, -0.1) is 0 Å². The number of nitrogens with zero attached hydrogens (tertiary/aromatic N) is 2. The van der Waals surface area contributed by atoms with Crippen LogP contribution >= 0.6 is 0 Å². The number of piperidine rings is 1. The minimum absolute atomic E-state index is 0.108. The van der Waals surface area contributed by atoms with Crippen LogP contribution in [-0.2, 0) is 16.4 Å². The van der Waals surface area contributed by atoms with Crippen molar-refractivity contribution in [1.29, 1.82) is 0 Å². The third-order valence-electron chi connectivity index (χ3n) is 5.25. The predicted molar refractivity (Wildman–Crippen MR) is 106 cm³/mol. The van der Waals surface area contributed by atoms with Gasteiger partial charge >= 0.3 is 0 Å². The third kappa shape index (κ3) is 3.93. The number of pyridine rings is 1. The van der Waals surface area contributed by atoms with Gasteiger partial charge in [-0.05, 0) is 54.5 Å². The minimum atomic E-state index is -3.49. The van der Waals surface area contributed by atoms with E-state index in [4.69, 9.17) is 0 Å². The van der Waals surface area contributed by atoms with Gasteiger partial charge in [0.05, 0.1) is 10.6 Å². The SMILES string of the molecule is O=c1ccc(CC2CCN(S(=O)(=O)c3ccc(-c4ccn[nH]4)cc3)CC2)c[nH]1. The molecule has 3 aromatic rings. The maximum absolute atomic E-state index is 13.0. The van der Waals surface area contributed by atoms with Gasteiger partial charge in [0.1, 0.15) is 0 Å². The van der Waals surface area contributed by atoms with Gasteiger partial charge in [-0.2, -0.15) is 9.40 Å². The van der Waals surface area contributed by atoms with Gasteiger partial charge in [-0.1, -0.05) is 18.2 Å². The summed E-state index contributed by atoms with van der Waals surface area (Å²) in [7, 11) is -3.49. The normalized spacial score (nSPS) is 16.3. The lowest BCUT2D eigenvalue weighted by atomic mass is 9.92. The molecule has 0 atom stereocenters. The maximum atomic E-state index is 13.0. The second kappa shape index (κ2) is 7.73. The van der Waals surface area contributed by atoms with Crippen LogP contribution < -0.4 is 5.56 Å². The van der Waals surface area contributed by atoms with Crippen LogP contribution in [0.25, 0.3) is 11.3 Å². The molecular weight excluding hydrogens is 376 g/mol. The van der Waals surface area contributed by atoms with Gasteiger partial charge in [0.25, 0.3) is 0 Å². The van der Waals surface area contributed by atoms with Crippen LogP contribution in [0, 0.1) is 5.92 Å². The summed E-state index contributed by atoms with van der Waals surface area (Å²) in [6.07, 6.45) is 5.88. The number of rotatable bonds is 5. The molecule has 0 unspecified atom stereocenters. The van der Waals surface area contributed by atoms with Crippen molar-refractivity contribution in [3.63, 3.8) is 0 Å². The highest BCUT2D eigenvalue weighted by Crippen LogP contribution is 2.27. The lowest BCUT2D eigenvalue weighted by Crippen LogP contribution is -2.38. The number of aromatic nitrogens is 3. The fraction of sp³-hybridized carbons (Fsp3) is 0.300. The van der Waals surface area contributed by atoms with Gasteiger partial charge in [-0.3, -0.25) is 9.89 Å². The lowest BCUT2D eigenvalue weighted by Gasteiger charge is -2.31. The second-order valence-electron chi connectivity index (χ2n) is 7.11. The Balaban J connectivity index is 1.40. The molecule has 1 aliphatic heterocycles. The van der Waals surface area contributed by atoms with E-state index < -0.39 is 10.0 Å². The number of H-pyrrole nitrogens is 2. The first kappa shape index (κ1) is 18.6. The van der Waals surface area contributed by atoms with E-state index in [1.807, 2.05) is 12.1 Å². The molecule has 1 fully saturated rings. The molecule has 146 valence electrons. The minimum Gasteiger partial charge on any atom is -0.329 e. The Morgan fingerprint density at radius 1 is 1.04 bits per heavy atom. The monoisotopic (exact) mass is 398 g/mol. The predicted octanol–water partition coefficient (Wildman–Crippen LogP) is 2.41. The highest BCUT2D eigenvalue weighted by Gasteiger charge is 2.29. The number of aromatic amines is 2. The maximum Gasteiger partial charge on any atom is 0.247 e. The smallest absolute Gasteiger partial charge is 0.247 e. The lowest BCUT2D eigenvalue weighted by molar-refractivity contribution is 0.272. The van der Waals surface area contributed by atoms with E-state index in [1.165, 1.54) is 6.07 Å². The Morgan fingerprint density at radius 2 is 1.79 bits per heavy atom. The fourth-order valence-electron chi connectivity index (χ4n) is 3.63. The molecule has 0 spiro atoms. The molecule has 7 nitrogen and oxygen atoms in total. The molecule has 1 saturated heterocycles. The Morgan fingerprint density at radius 3 is 2.39 bits per heavy atom. The van der Waals surface area contributed by atoms with Crippen LogP contribution in [0.2, 0.25) is 0 Å². The molecule has 1 aromatic carbocycles. The van der Waals surface area contributed by atoms with E-state index in [0.29, 0.717) is 23.9 Å². The molecule has 2 N–H and O–H groups in total. The first-order valence-corrected chi connectivity index (χ1v) is 10.7. The average Bonchev–Trinajstić information content (AvgIpc) is 3.25. The van der Waals surface area contributed by atoms with E-state index in [1.54, 1.807) is 41.0 Å². The number of hydrogen-bond acceptors (Lipinski definition) is 4. The van der Waals surface area contributed by atoms with Crippen molar-refractivity contribution >= 4 is 10.0 Å². The van der Waals surface area contributed by atoms with Gasteiger partial charge < -0.3 is 4.98 Å². The van der Waals surface area contributed by atoms with Crippen LogP contribution in [-0.4, -0.2) is 41.0 Å². The summed E-state index contributed by atoms with van der Waals surface area (Å²) in [5.74, 6) is 0.417. The van der Waals surface area contributed by atoms with Crippen LogP contribution in [0.3, 0.4) is 0 Å². The summed E-state index contributed by atoms with van der Waals surface area (Å²) < 4.78 is 27.5. The van der Waals surface area contributed by atoms with Crippen LogP contribution in [0.1, 0.15) is 18.4 Å².